The summed E-state index contributed by atoms with van der Waals surface area (Å²) < 4.78 is 1.74. The number of benzene rings is 2. The number of aryl methyl sites for hydroxylation is 1. The van der Waals surface area contributed by atoms with Crippen molar-refractivity contribution >= 4 is 39.8 Å². The molecule has 46 heavy (non-hydrogen) atoms. The lowest BCUT2D eigenvalue weighted by atomic mass is 9.91. The highest BCUT2D eigenvalue weighted by Crippen LogP contribution is 2.45. The molecule has 0 spiro atoms. The van der Waals surface area contributed by atoms with Gasteiger partial charge in [-0.1, -0.05) is 37.6 Å². The molecule has 10 nitrogen and oxygen atoms in total. The molecule has 238 valence electrons. The molecule has 2 bridgehead atoms. The van der Waals surface area contributed by atoms with Crippen molar-refractivity contribution in [3.05, 3.63) is 80.6 Å². The van der Waals surface area contributed by atoms with E-state index in [2.05, 4.69) is 29.0 Å². The van der Waals surface area contributed by atoms with Crippen LogP contribution in [0.3, 0.4) is 0 Å². The molecule has 1 amide bonds. The van der Waals surface area contributed by atoms with Gasteiger partial charge >= 0.3 is 5.69 Å². The number of hydrogen-bond donors (Lipinski definition) is 2. The van der Waals surface area contributed by atoms with Gasteiger partial charge in [0.05, 0.1) is 46.4 Å². The van der Waals surface area contributed by atoms with Crippen molar-refractivity contribution in [1.82, 2.24) is 24.8 Å². The number of fused-ring (bicyclic) bond motifs is 6. The number of anilines is 2. The lowest BCUT2D eigenvalue weighted by Gasteiger charge is -2.49. The van der Waals surface area contributed by atoms with Gasteiger partial charge in [-0.3, -0.25) is 14.3 Å². The van der Waals surface area contributed by atoms with E-state index in [-0.39, 0.29) is 35.3 Å². The number of nitrogens with zero attached hydrogens (tertiary/aromatic N) is 6. The quantitative estimate of drug-likeness (QED) is 0.329. The van der Waals surface area contributed by atoms with Gasteiger partial charge in [0.2, 0.25) is 5.91 Å². The van der Waals surface area contributed by atoms with E-state index in [4.69, 9.17) is 21.6 Å². The Kier molecular flexibility index (Phi) is 6.81. The fourth-order valence-corrected chi connectivity index (χ4v) is 8.60. The highest BCUT2D eigenvalue weighted by molar-refractivity contribution is 6.36. The van der Waals surface area contributed by atoms with E-state index in [1.54, 1.807) is 22.9 Å². The summed E-state index contributed by atoms with van der Waals surface area (Å²) in [5.41, 5.74) is 4.55. The van der Waals surface area contributed by atoms with Crippen LogP contribution in [0.5, 0.6) is 5.75 Å². The number of carbonyl (C=O) groups excluding carboxylic acids is 1. The summed E-state index contributed by atoms with van der Waals surface area (Å²) in [5.74, 6) is 0.921. The molecule has 0 saturated carbocycles. The van der Waals surface area contributed by atoms with Gasteiger partial charge in [-0.25, -0.2) is 4.79 Å². The average Bonchev–Trinajstić information content (AvgIpc) is 3.42. The summed E-state index contributed by atoms with van der Waals surface area (Å²) in [6, 6.07) is 11.0. The zero-order chi connectivity index (χ0) is 32.0. The minimum absolute atomic E-state index is 0.0535. The molecule has 2 N–H and O–H groups in total. The second-order valence-electron chi connectivity index (χ2n) is 13.6. The summed E-state index contributed by atoms with van der Waals surface area (Å²) in [7, 11) is 1.87. The molecule has 4 aromatic rings. The second kappa shape index (κ2) is 10.7. The minimum atomic E-state index is -0.404. The number of likely N-dealkylation sites (N-methyl/N-ethyl adjacent to an activating group) is 1. The maximum absolute atomic E-state index is 14.5. The van der Waals surface area contributed by atoms with E-state index in [1.165, 1.54) is 0 Å². The van der Waals surface area contributed by atoms with E-state index in [0.717, 1.165) is 57.5 Å². The Balaban J connectivity index is 1.43. The topological polar surface area (TPSA) is 107 Å². The Morgan fingerprint density at radius 2 is 1.93 bits per heavy atom. The minimum Gasteiger partial charge on any atom is -0.508 e. The summed E-state index contributed by atoms with van der Waals surface area (Å²) in [5, 5.41) is 16.8. The van der Waals surface area contributed by atoms with Crippen molar-refractivity contribution in [2.24, 2.45) is 0 Å². The Labute approximate surface area is 272 Å². The molecule has 2 aromatic carbocycles. The van der Waals surface area contributed by atoms with E-state index >= 15 is 0 Å². The molecular formula is C35H38ClN7O3. The molecule has 2 fully saturated rings. The van der Waals surface area contributed by atoms with Gasteiger partial charge in [-0.2, -0.15) is 4.98 Å². The smallest absolute Gasteiger partial charge is 0.354 e. The van der Waals surface area contributed by atoms with Gasteiger partial charge < -0.3 is 25.1 Å². The number of amides is 1. The first-order chi connectivity index (χ1) is 22.1. The Morgan fingerprint density at radius 3 is 2.74 bits per heavy atom. The van der Waals surface area contributed by atoms with Crippen LogP contribution in [0.4, 0.5) is 11.5 Å². The van der Waals surface area contributed by atoms with E-state index < -0.39 is 6.04 Å². The summed E-state index contributed by atoms with van der Waals surface area (Å²) >= 11 is 6.82. The van der Waals surface area contributed by atoms with Gasteiger partial charge in [-0.15, -0.1) is 0 Å². The molecule has 4 unspecified atom stereocenters. The Hall–Kier alpha value is -4.15. The third kappa shape index (κ3) is 4.41. The number of aromatic hydroxyl groups is 1. The fraction of sp³-hybridized carbons (Fsp3) is 0.429. The normalized spacial score (nSPS) is 23.9. The highest BCUT2D eigenvalue weighted by Gasteiger charge is 2.47. The molecule has 0 radical (unpaired) electrons. The zero-order valence-corrected chi connectivity index (χ0v) is 27.3. The molecular weight excluding hydrogens is 602 g/mol. The van der Waals surface area contributed by atoms with Crippen LogP contribution in [-0.4, -0.2) is 68.7 Å². The maximum atomic E-state index is 14.5. The predicted octanol–water partition coefficient (Wildman–Crippen LogP) is 4.80. The van der Waals surface area contributed by atoms with Crippen molar-refractivity contribution < 1.29 is 9.90 Å². The molecule has 6 heterocycles. The summed E-state index contributed by atoms with van der Waals surface area (Å²) in [4.78, 5) is 44.5. The molecule has 4 aliphatic rings. The summed E-state index contributed by atoms with van der Waals surface area (Å²) in [6.45, 7) is 7.64. The van der Waals surface area contributed by atoms with Crippen molar-refractivity contribution in [1.29, 1.82) is 0 Å². The standard InChI is InChI=1S/C35H38ClN7O3/c1-18(2)32-33(19(3)10-11-37-32)43-28-17-41(26-13-22(44)12-20-6-5-7-23(36)30(20)26)16-27-31(28)34(39-35(43)46)42-15-21-8-9-24(38-21)25(42)14-29(45)40(27)4/h5-7,10-13,18,21,24-25,27,38,44H,8-9,14-17H2,1-4H3. The highest BCUT2D eigenvalue weighted by atomic mass is 35.5. The van der Waals surface area contributed by atoms with Gasteiger partial charge in [0, 0.05) is 61.9 Å². The lowest BCUT2D eigenvalue weighted by molar-refractivity contribution is -0.132. The van der Waals surface area contributed by atoms with Gasteiger partial charge in [0.1, 0.15) is 11.6 Å². The number of hydrogen-bond acceptors (Lipinski definition) is 8. The number of nitrogens with one attached hydrogen (secondary N) is 1. The number of carbonyl (C=O) groups is 1. The third-order valence-corrected chi connectivity index (χ3v) is 10.8. The van der Waals surface area contributed by atoms with Crippen LogP contribution in [-0.2, 0) is 11.3 Å². The summed E-state index contributed by atoms with van der Waals surface area (Å²) in [6.07, 6.45) is 4.17. The van der Waals surface area contributed by atoms with Crippen LogP contribution < -0.4 is 20.8 Å². The van der Waals surface area contributed by atoms with Gasteiger partial charge in [-0.05, 0) is 54.8 Å². The molecule has 11 heteroatoms. The lowest BCUT2D eigenvalue weighted by Crippen LogP contribution is -2.61. The van der Waals surface area contributed by atoms with Gasteiger partial charge in [0.15, 0.2) is 0 Å². The van der Waals surface area contributed by atoms with Crippen molar-refractivity contribution in [2.45, 2.75) is 76.7 Å². The molecule has 2 saturated heterocycles. The van der Waals surface area contributed by atoms with Crippen molar-refractivity contribution in [3.63, 3.8) is 0 Å². The first kappa shape index (κ1) is 29.3. The SMILES string of the molecule is Cc1ccnc(C(C)C)c1-n1c2c3c(nc1=O)N1CC4CCC(N4)C1CC(=O)N(C)C3CN(c1cc(O)cc3cccc(Cl)c13)C2. The van der Waals surface area contributed by atoms with Crippen LogP contribution in [0.25, 0.3) is 16.5 Å². The van der Waals surface area contributed by atoms with Crippen LogP contribution in [0, 0.1) is 6.92 Å². The maximum Gasteiger partial charge on any atom is 0.354 e. The van der Waals surface area contributed by atoms with Crippen LogP contribution >= 0.6 is 11.6 Å². The monoisotopic (exact) mass is 639 g/mol. The van der Waals surface area contributed by atoms with Crippen molar-refractivity contribution in [2.75, 3.05) is 29.9 Å². The number of rotatable bonds is 3. The van der Waals surface area contributed by atoms with E-state index in [1.807, 2.05) is 43.1 Å². The number of phenols is 1. The van der Waals surface area contributed by atoms with Crippen LogP contribution in [0.2, 0.25) is 5.02 Å². The van der Waals surface area contributed by atoms with Crippen LogP contribution in [0.15, 0.2) is 47.4 Å². The number of phenolic OH excluding ortho intramolecular Hbond substituents is 1. The second-order valence-corrected chi connectivity index (χ2v) is 14.0. The number of aromatic nitrogens is 3. The molecule has 4 atom stereocenters. The number of piperazine rings is 1. The van der Waals surface area contributed by atoms with Gasteiger partial charge in [0.25, 0.3) is 0 Å². The number of halogens is 1. The van der Waals surface area contributed by atoms with Crippen molar-refractivity contribution in [3.8, 4) is 11.4 Å². The largest absolute Gasteiger partial charge is 0.508 e. The first-order valence-corrected chi connectivity index (χ1v) is 16.5. The number of pyridine rings is 1. The zero-order valence-electron chi connectivity index (χ0n) is 26.5. The Bertz CT molecular complexity index is 1980. The average molecular weight is 640 g/mol. The molecule has 0 aliphatic carbocycles. The van der Waals surface area contributed by atoms with E-state index in [0.29, 0.717) is 42.9 Å². The predicted molar refractivity (Wildman–Crippen MR) is 179 cm³/mol. The Morgan fingerprint density at radius 1 is 1.11 bits per heavy atom. The fourth-order valence-electron chi connectivity index (χ4n) is 8.32. The molecule has 8 rings (SSSR count). The third-order valence-electron chi connectivity index (χ3n) is 10.5. The molecule has 2 aromatic heterocycles. The first-order valence-electron chi connectivity index (χ1n) is 16.2. The van der Waals surface area contributed by atoms with Crippen LogP contribution in [0.1, 0.15) is 67.6 Å². The molecule has 4 aliphatic heterocycles. The van der Waals surface area contributed by atoms with E-state index in [9.17, 15) is 14.7 Å².